The van der Waals surface area contributed by atoms with Crippen LogP contribution in [0.25, 0.3) is 11.0 Å². The van der Waals surface area contributed by atoms with Crippen molar-refractivity contribution in [1.82, 2.24) is 9.55 Å². The molecule has 2 aromatic carbocycles. The van der Waals surface area contributed by atoms with E-state index in [0.717, 1.165) is 11.0 Å². The molecule has 0 spiro atoms. The van der Waals surface area contributed by atoms with Gasteiger partial charge in [0.25, 0.3) is 0 Å². The van der Waals surface area contributed by atoms with Gasteiger partial charge in [0.1, 0.15) is 5.82 Å². The Morgan fingerprint density at radius 3 is 2.81 bits per heavy atom. The van der Waals surface area contributed by atoms with Gasteiger partial charge in [-0.15, -0.1) is 0 Å². The minimum absolute atomic E-state index is 0.155. The number of nitriles is 1. The zero-order chi connectivity index (χ0) is 18.5. The summed E-state index contributed by atoms with van der Waals surface area (Å²) < 4.78 is 15.7. The molecule has 0 unspecified atom stereocenters. The van der Waals surface area contributed by atoms with Crippen LogP contribution in [-0.2, 0) is 11.3 Å². The first kappa shape index (κ1) is 18.0. The van der Waals surface area contributed by atoms with Gasteiger partial charge in [-0.3, -0.25) is 4.79 Å². The Hall–Kier alpha value is -2.85. The van der Waals surface area contributed by atoms with E-state index < -0.39 is 11.1 Å². The highest BCUT2D eigenvalue weighted by Crippen LogP contribution is 2.28. The van der Waals surface area contributed by atoms with Crippen molar-refractivity contribution in [1.29, 1.82) is 5.26 Å². The van der Waals surface area contributed by atoms with Crippen molar-refractivity contribution in [2.45, 2.75) is 30.3 Å². The lowest BCUT2D eigenvalue weighted by atomic mass is 10.3. The van der Waals surface area contributed by atoms with Crippen LogP contribution >= 0.6 is 11.8 Å². The number of rotatable bonds is 6. The summed E-state index contributed by atoms with van der Waals surface area (Å²) in [6.45, 7) is 2.25. The summed E-state index contributed by atoms with van der Waals surface area (Å²) in [4.78, 5) is 17.0. The van der Waals surface area contributed by atoms with E-state index >= 15 is 0 Å². The molecule has 1 aromatic heterocycles. The molecule has 0 saturated heterocycles. The average Bonchev–Trinajstić information content (AvgIpc) is 2.98. The lowest BCUT2D eigenvalue weighted by molar-refractivity contribution is -0.115. The summed E-state index contributed by atoms with van der Waals surface area (Å²) in [7, 11) is 0. The molecular weight excluding hydrogens is 351 g/mol. The molecular formula is C19H17FN4OS. The Kier molecular flexibility index (Phi) is 5.54. The quantitative estimate of drug-likeness (QED) is 0.662. The van der Waals surface area contributed by atoms with Gasteiger partial charge < -0.3 is 9.88 Å². The van der Waals surface area contributed by atoms with E-state index in [-0.39, 0.29) is 11.6 Å². The smallest absolute Gasteiger partial charge is 0.237 e. The summed E-state index contributed by atoms with van der Waals surface area (Å²) >= 11 is 1.29. The molecule has 26 heavy (non-hydrogen) atoms. The molecule has 1 heterocycles. The molecule has 3 rings (SSSR count). The number of nitrogens with zero attached hydrogens (tertiary/aromatic N) is 3. The van der Waals surface area contributed by atoms with Crippen molar-refractivity contribution in [3.05, 3.63) is 54.3 Å². The first-order valence-electron chi connectivity index (χ1n) is 8.14. The fourth-order valence-electron chi connectivity index (χ4n) is 2.53. The normalized spacial score (nSPS) is 11.9. The zero-order valence-electron chi connectivity index (χ0n) is 14.1. The van der Waals surface area contributed by atoms with E-state index in [0.29, 0.717) is 18.1 Å². The Bertz CT molecular complexity index is 979. The van der Waals surface area contributed by atoms with Crippen LogP contribution in [0.4, 0.5) is 10.1 Å². The second-order valence-corrected chi connectivity index (χ2v) is 6.98. The first-order chi connectivity index (χ1) is 12.6. The fourth-order valence-corrected chi connectivity index (χ4v) is 3.48. The van der Waals surface area contributed by atoms with Crippen LogP contribution in [-0.4, -0.2) is 20.7 Å². The van der Waals surface area contributed by atoms with E-state index in [1.807, 2.05) is 28.8 Å². The minimum Gasteiger partial charge on any atom is -0.323 e. The molecule has 5 nitrogen and oxygen atoms in total. The maximum atomic E-state index is 13.7. The van der Waals surface area contributed by atoms with Crippen molar-refractivity contribution in [3.63, 3.8) is 0 Å². The van der Waals surface area contributed by atoms with Gasteiger partial charge in [-0.25, -0.2) is 9.37 Å². The van der Waals surface area contributed by atoms with Crippen LogP contribution in [0.3, 0.4) is 0 Å². The Labute approximate surface area is 154 Å². The van der Waals surface area contributed by atoms with E-state index in [9.17, 15) is 9.18 Å². The number of hydrogen-bond donors (Lipinski definition) is 1. The average molecular weight is 368 g/mol. The number of aryl methyl sites for hydroxylation is 1. The Morgan fingerprint density at radius 2 is 2.04 bits per heavy atom. The first-order valence-corrected chi connectivity index (χ1v) is 9.02. The predicted molar refractivity (Wildman–Crippen MR) is 100 cm³/mol. The van der Waals surface area contributed by atoms with Crippen molar-refractivity contribution in [2.24, 2.45) is 0 Å². The van der Waals surface area contributed by atoms with Gasteiger partial charge in [0.05, 0.1) is 34.5 Å². The molecule has 0 aliphatic heterocycles. The topological polar surface area (TPSA) is 70.7 Å². The molecule has 0 aliphatic rings. The minimum atomic E-state index is -0.479. The summed E-state index contributed by atoms with van der Waals surface area (Å²) in [5.74, 6) is -0.779. The van der Waals surface area contributed by atoms with Gasteiger partial charge in [0.15, 0.2) is 5.16 Å². The third kappa shape index (κ3) is 3.86. The molecule has 0 aliphatic carbocycles. The number of nitrogens with one attached hydrogen (secondary N) is 1. The molecule has 0 fully saturated rings. The highest BCUT2D eigenvalue weighted by Gasteiger charge is 2.20. The monoisotopic (exact) mass is 368 g/mol. The molecule has 3 aromatic rings. The number of hydrogen-bond acceptors (Lipinski definition) is 4. The van der Waals surface area contributed by atoms with Crippen LogP contribution < -0.4 is 5.32 Å². The van der Waals surface area contributed by atoms with E-state index in [2.05, 4.69) is 16.4 Å². The van der Waals surface area contributed by atoms with Crippen LogP contribution in [0.2, 0.25) is 0 Å². The van der Waals surface area contributed by atoms with E-state index in [1.165, 1.54) is 23.9 Å². The Balaban J connectivity index is 1.80. The maximum Gasteiger partial charge on any atom is 0.237 e. The van der Waals surface area contributed by atoms with Gasteiger partial charge in [-0.1, -0.05) is 36.0 Å². The molecule has 1 amide bonds. The van der Waals surface area contributed by atoms with E-state index in [4.69, 9.17) is 5.26 Å². The number of halogens is 1. The van der Waals surface area contributed by atoms with Crippen molar-refractivity contribution >= 4 is 34.4 Å². The van der Waals surface area contributed by atoms with Gasteiger partial charge in [0.2, 0.25) is 5.91 Å². The number of aromatic nitrogens is 2. The zero-order valence-corrected chi connectivity index (χ0v) is 15.0. The maximum absolute atomic E-state index is 13.7. The number of benzene rings is 2. The lowest BCUT2D eigenvalue weighted by Gasteiger charge is -2.13. The number of para-hydroxylation sites is 3. The van der Waals surface area contributed by atoms with Crippen molar-refractivity contribution < 1.29 is 9.18 Å². The fraction of sp³-hybridized carbons (Fsp3) is 0.211. The van der Waals surface area contributed by atoms with Crippen molar-refractivity contribution in [2.75, 3.05) is 5.32 Å². The number of carbonyl (C=O) groups excluding carboxylic acids is 1. The van der Waals surface area contributed by atoms with Gasteiger partial charge in [-0.2, -0.15) is 5.26 Å². The molecule has 0 saturated carbocycles. The predicted octanol–water partition coefficient (Wildman–Crippen LogP) is 4.21. The molecule has 132 valence electrons. The van der Waals surface area contributed by atoms with Crippen molar-refractivity contribution in [3.8, 4) is 6.07 Å². The highest BCUT2D eigenvalue weighted by molar-refractivity contribution is 8.00. The standard InChI is InChI=1S/C19H17FN4OS/c1-13(18(25)22-15-8-3-2-7-14(15)20)26-19-23-16-9-4-5-10-17(16)24(19)12-6-11-21/h2-5,7-10,13H,6,12H2,1H3,(H,22,25)/t13-/m1/s1. The second-order valence-electron chi connectivity index (χ2n) is 5.67. The summed E-state index contributed by atoms with van der Waals surface area (Å²) in [6, 6.07) is 15.8. The molecule has 1 N–H and O–H groups in total. The third-order valence-electron chi connectivity index (χ3n) is 3.85. The summed E-state index contributed by atoms with van der Waals surface area (Å²) in [5, 5.41) is 11.7. The Morgan fingerprint density at radius 1 is 1.31 bits per heavy atom. The largest absolute Gasteiger partial charge is 0.323 e. The van der Waals surface area contributed by atoms with E-state index in [1.54, 1.807) is 19.1 Å². The number of thioether (sulfide) groups is 1. The van der Waals surface area contributed by atoms with Gasteiger partial charge in [-0.05, 0) is 31.2 Å². The van der Waals surface area contributed by atoms with Crippen LogP contribution in [0.5, 0.6) is 0 Å². The molecule has 1 atom stereocenters. The van der Waals surface area contributed by atoms with Gasteiger partial charge >= 0.3 is 0 Å². The molecule has 7 heteroatoms. The van der Waals surface area contributed by atoms with Gasteiger partial charge in [0, 0.05) is 6.54 Å². The van der Waals surface area contributed by atoms with Crippen LogP contribution in [0.15, 0.2) is 53.7 Å². The van der Waals surface area contributed by atoms with Crippen LogP contribution in [0, 0.1) is 17.1 Å². The number of carbonyl (C=O) groups is 1. The lowest BCUT2D eigenvalue weighted by Crippen LogP contribution is -2.23. The number of fused-ring (bicyclic) bond motifs is 1. The SMILES string of the molecule is C[C@@H](Sc1nc2ccccc2n1CCC#N)C(=O)Nc1ccccc1F. The molecule has 0 bridgehead atoms. The highest BCUT2D eigenvalue weighted by atomic mass is 32.2. The summed E-state index contributed by atoms with van der Waals surface area (Å²) in [5.41, 5.74) is 1.89. The summed E-state index contributed by atoms with van der Waals surface area (Å²) in [6.07, 6.45) is 0.351. The number of imidazole rings is 1. The number of amides is 1. The second kappa shape index (κ2) is 8.02. The molecule has 0 radical (unpaired) electrons. The third-order valence-corrected chi connectivity index (χ3v) is 4.94. The number of anilines is 1. The van der Waals surface area contributed by atoms with Crippen LogP contribution in [0.1, 0.15) is 13.3 Å².